The Morgan fingerprint density at radius 3 is 3.00 bits per heavy atom. The van der Waals surface area contributed by atoms with Gasteiger partial charge in [0.1, 0.15) is 11.6 Å². The Labute approximate surface area is 102 Å². The monoisotopic (exact) mass is 254 g/mol. The van der Waals surface area contributed by atoms with E-state index in [1.807, 2.05) is 0 Å². The van der Waals surface area contributed by atoms with Gasteiger partial charge in [-0.05, 0) is 18.2 Å². The van der Waals surface area contributed by atoms with Gasteiger partial charge in [-0.2, -0.15) is 4.98 Å². The number of methoxy groups -OCH3 is 1. The molecule has 1 heterocycles. The van der Waals surface area contributed by atoms with Crippen LogP contribution >= 0.6 is 11.8 Å². The molecule has 0 radical (unpaired) electrons. The van der Waals surface area contributed by atoms with Crippen molar-refractivity contribution in [2.75, 3.05) is 12.8 Å². The lowest BCUT2D eigenvalue weighted by Crippen LogP contribution is -1.92. The maximum absolute atomic E-state index is 13.1. The van der Waals surface area contributed by atoms with Crippen LogP contribution in [0.2, 0.25) is 0 Å². The maximum atomic E-state index is 13.1. The van der Waals surface area contributed by atoms with E-state index in [0.29, 0.717) is 16.7 Å². The molecule has 90 valence electrons. The molecular formula is C10H11FN4OS. The quantitative estimate of drug-likeness (QED) is 0.814. The van der Waals surface area contributed by atoms with Gasteiger partial charge < -0.3 is 10.5 Å². The average molecular weight is 254 g/mol. The Morgan fingerprint density at radius 1 is 1.53 bits per heavy atom. The minimum atomic E-state index is -0.295. The van der Waals surface area contributed by atoms with Crippen LogP contribution in [0.1, 0.15) is 5.56 Å². The van der Waals surface area contributed by atoms with E-state index in [9.17, 15) is 4.39 Å². The van der Waals surface area contributed by atoms with Gasteiger partial charge in [-0.25, -0.2) is 9.49 Å². The van der Waals surface area contributed by atoms with E-state index in [1.54, 1.807) is 13.2 Å². The van der Waals surface area contributed by atoms with E-state index >= 15 is 0 Å². The second kappa shape index (κ2) is 5.05. The third-order valence-electron chi connectivity index (χ3n) is 2.08. The minimum absolute atomic E-state index is 0.263. The van der Waals surface area contributed by atoms with Crippen LogP contribution in [0, 0.1) is 5.82 Å². The summed E-state index contributed by atoms with van der Waals surface area (Å²) in [5, 5.41) is 6.93. The van der Waals surface area contributed by atoms with E-state index in [1.165, 1.54) is 23.9 Å². The van der Waals surface area contributed by atoms with Crippen LogP contribution in [0.15, 0.2) is 23.4 Å². The van der Waals surface area contributed by atoms with Crippen LogP contribution in [0.5, 0.6) is 5.75 Å². The molecule has 3 N–H and O–H groups in total. The maximum Gasteiger partial charge on any atom is 0.216 e. The lowest BCUT2D eigenvalue weighted by atomic mass is 10.2. The Balaban J connectivity index is 2.10. The Hall–Kier alpha value is -1.76. The van der Waals surface area contributed by atoms with Crippen molar-refractivity contribution in [2.24, 2.45) is 0 Å². The van der Waals surface area contributed by atoms with E-state index in [0.717, 1.165) is 5.56 Å². The fourth-order valence-corrected chi connectivity index (χ4v) is 2.11. The Kier molecular flexibility index (Phi) is 3.48. The van der Waals surface area contributed by atoms with Crippen molar-refractivity contribution in [3.8, 4) is 5.75 Å². The minimum Gasteiger partial charge on any atom is -0.496 e. The third-order valence-corrected chi connectivity index (χ3v) is 2.98. The predicted octanol–water partition coefficient (Wildman–Crippen LogP) is 1.83. The van der Waals surface area contributed by atoms with Crippen LogP contribution in [-0.2, 0) is 5.75 Å². The normalized spacial score (nSPS) is 10.5. The Bertz CT molecular complexity index is 517. The number of aromatic amines is 1. The average Bonchev–Trinajstić information content (AvgIpc) is 2.73. The predicted molar refractivity (Wildman–Crippen MR) is 63.3 cm³/mol. The molecule has 1 aromatic heterocycles. The summed E-state index contributed by atoms with van der Waals surface area (Å²) in [6, 6.07) is 4.39. The molecular weight excluding hydrogens is 243 g/mol. The van der Waals surface area contributed by atoms with Crippen LogP contribution in [-0.4, -0.2) is 22.3 Å². The first-order chi connectivity index (χ1) is 8.19. The van der Waals surface area contributed by atoms with Gasteiger partial charge in [-0.15, -0.1) is 5.10 Å². The number of benzene rings is 1. The molecule has 0 saturated carbocycles. The third kappa shape index (κ3) is 2.88. The molecule has 2 rings (SSSR count). The SMILES string of the molecule is COc1ccc(F)cc1CSc1n[nH]c(N)n1. The first-order valence-electron chi connectivity index (χ1n) is 4.82. The van der Waals surface area contributed by atoms with Crippen molar-refractivity contribution in [2.45, 2.75) is 10.9 Å². The van der Waals surface area contributed by atoms with Crippen LogP contribution in [0.4, 0.5) is 10.3 Å². The van der Waals surface area contributed by atoms with E-state index in [2.05, 4.69) is 15.2 Å². The summed E-state index contributed by atoms with van der Waals surface area (Å²) in [5.74, 6) is 1.12. The second-order valence-corrected chi connectivity index (χ2v) is 4.19. The number of thioether (sulfide) groups is 1. The summed E-state index contributed by atoms with van der Waals surface area (Å²) in [6.07, 6.45) is 0. The van der Waals surface area contributed by atoms with Gasteiger partial charge in [0, 0.05) is 11.3 Å². The van der Waals surface area contributed by atoms with E-state index in [-0.39, 0.29) is 11.8 Å². The van der Waals surface area contributed by atoms with Gasteiger partial charge in [0.15, 0.2) is 0 Å². The summed E-state index contributed by atoms with van der Waals surface area (Å²) < 4.78 is 18.2. The fourth-order valence-electron chi connectivity index (χ4n) is 1.32. The van der Waals surface area contributed by atoms with Gasteiger partial charge in [-0.1, -0.05) is 11.8 Å². The van der Waals surface area contributed by atoms with Gasteiger partial charge in [-0.3, -0.25) is 0 Å². The second-order valence-electron chi connectivity index (χ2n) is 3.25. The number of nitrogens with one attached hydrogen (secondary N) is 1. The van der Waals surface area contributed by atoms with Gasteiger partial charge in [0.25, 0.3) is 0 Å². The number of halogens is 1. The first kappa shape index (κ1) is 11.7. The molecule has 5 nitrogen and oxygen atoms in total. The summed E-state index contributed by atoms with van der Waals surface area (Å²) in [4.78, 5) is 3.94. The first-order valence-corrected chi connectivity index (χ1v) is 5.80. The highest BCUT2D eigenvalue weighted by Gasteiger charge is 2.07. The number of rotatable bonds is 4. The number of nitrogens with zero attached hydrogens (tertiary/aromatic N) is 2. The highest BCUT2D eigenvalue weighted by molar-refractivity contribution is 7.98. The molecule has 0 amide bonds. The number of nitrogens with two attached hydrogens (primary N) is 1. The lowest BCUT2D eigenvalue weighted by Gasteiger charge is -2.06. The topological polar surface area (TPSA) is 76.8 Å². The smallest absolute Gasteiger partial charge is 0.216 e. The fraction of sp³-hybridized carbons (Fsp3) is 0.200. The molecule has 1 aromatic carbocycles. The van der Waals surface area contributed by atoms with Gasteiger partial charge in [0.05, 0.1) is 7.11 Å². The standard InChI is InChI=1S/C10H11FN4OS/c1-16-8-3-2-7(11)4-6(8)5-17-10-13-9(12)14-15-10/h2-4H,5H2,1H3,(H3,12,13,14,15). The van der Waals surface area contributed by atoms with Crippen molar-refractivity contribution in [1.82, 2.24) is 15.2 Å². The summed E-state index contributed by atoms with van der Waals surface area (Å²) in [5.41, 5.74) is 6.15. The number of H-pyrrole nitrogens is 1. The molecule has 0 aliphatic carbocycles. The number of hydrogen-bond acceptors (Lipinski definition) is 5. The molecule has 0 aliphatic heterocycles. The molecule has 2 aromatic rings. The highest BCUT2D eigenvalue weighted by Crippen LogP contribution is 2.26. The molecule has 0 bridgehead atoms. The summed E-state index contributed by atoms with van der Waals surface area (Å²) >= 11 is 1.35. The number of anilines is 1. The van der Waals surface area contributed by atoms with Gasteiger partial charge >= 0.3 is 0 Å². The number of hydrogen-bond donors (Lipinski definition) is 2. The highest BCUT2D eigenvalue weighted by atomic mass is 32.2. The zero-order valence-corrected chi connectivity index (χ0v) is 9.92. The molecule has 0 spiro atoms. The number of nitrogen functional groups attached to an aromatic ring is 1. The summed E-state index contributed by atoms with van der Waals surface area (Å²) in [7, 11) is 1.55. The molecule has 0 saturated heterocycles. The van der Waals surface area contributed by atoms with E-state index < -0.39 is 0 Å². The van der Waals surface area contributed by atoms with Crippen LogP contribution in [0.25, 0.3) is 0 Å². The van der Waals surface area contributed by atoms with Crippen molar-refractivity contribution in [3.05, 3.63) is 29.6 Å². The lowest BCUT2D eigenvalue weighted by molar-refractivity contribution is 0.410. The van der Waals surface area contributed by atoms with Gasteiger partial charge in [0.2, 0.25) is 11.1 Å². The molecule has 0 unspecified atom stereocenters. The molecule has 0 fully saturated rings. The van der Waals surface area contributed by atoms with Crippen molar-refractivity contribution in [1.29, 1.82) is 0 Å². The largest absolute Gasteiger partial charge is 0.496 e. The van der Waals surface area contributed by atoms with Crippen LogP contribution in [0.3, 0.4) is 0 Å². The summed E-state index contributed by atoms with van der Waals surface area (Å²) in [6.45, 7) is 0. The zero-order chi connectivity index (χ0) is 12.3. The Morgan fingerprint density at radius 2 is 2.35 bits per heavy atom. The molecule has 17 heavy (non-hydrogen) atoms. The molecule has 0 atom stereocenters. The zero-order valence-electron chi connectivity index (χ0n) is 9.11. The van der Waals surface area contributed by atoms with Crippen molar-refractivity contribution >= 4 is 17.7 Å². The molecule has 7 heteroatoms. The van der Waals surface area contributed by atoms with Crippen molar-refractivity contribution in [3.63, 3.8) is 0 Å². The molecule has 0 aliphatic rings. The number of ether oxygens (including phenoxy) is 1. The van der Waals surface area contributed by atoms with Crippen LogP contribution < -0.4 is 10.5 Å². The van der Waals surface area contributed by atoms with Crippen molar-refractivity contribution < 1.29 is 9.13 Å². The number of aromatic nitrogens is 3. The van der Waals surface area contributed by atoms with E-state index in [4.69, 9.17) is 10.5 Å².